The van der Waals surface area contributed by atoms with E-state index in [0.29, 0.717) is 17.9 Å². The fourth-order valence-corrected chi connectivity index (χ4v) is 5.40. The summed E-state index contributed by atoms with van der Waals surface area (Å²) in [5.74, 6) is 1.53. The largest absolute Gasteiger partial charge is 0.491 e. The van der Waals surface area contributed by atoms with E-state index in [9.17, 15) is 4.79 Å². The quantitative estimate of drug-likeness (QED) is 0.581. The van der Waals surface area contributed by atoms with Crippen LogP contribution in [0.2, 0.25) is 0 Å². The highest BCUT2D eigenvalue weighted by Gasteiger charge is 2.29. The van der Waals surface area contributed by atoms with Crippen molar-refractivity contribution < 1.29 is 9.53 Å². The number of hydrogen-bond acceptors (Lipinski definition) is 7. The molecular formula is C25H29N7O2. The Morgan fingerprint density at radius 2 is 2.09 bits per heavy atom. The number of imidazole rings is 1. The molecule has 1 atom stereocenters. The van der Waals surface area contributed by atoms with Crippen LogP contribution in [0.5, 0.6) is 5.75 Å². The SMILES string of the molecule is O=C(NC1CCCC1)c1cc(OCC2CCCN2c2ncnc3nc[nH]c23)c2c(n1)C=CCC2. The molecule has 3 aromatic rings. The summed E-state index contributed by atoms with van der Waals surface area (Å²) < 4.78 is 6.43. The van der Waals surface area contributed by atoms with Crippen LogP contribution in [-0.4, -0.2) is 56.1 Å². The van der Waals surface area contributed by atoms with Gasteiger partial charge in [-0.2, -0.15) is 0 Å². The Hall–Kier alpha value is -3.49. The van der Waals surface area contributed by atoms with E-state index in [1.165, 1.54) is 12.8 Å². The van der Waals surface area contributed by atoms with Crippen LogP contribution in [0.4, 0.5) is 5.82 Å². The van der Waals surface area contributed by atoms with Gasteiger partial charge < -0.3 is 19.9 Å². The second kappa shape index (κ2) is 9.04. The van der Waals surface area contributed by atoms with E-state index in [0.717, 1.165) is 73.4 Å². The number of pyridine rings is 1. The topological polar surface area (TPSA) is 109 Å². The zero-order valence-corrected chi connectivity index (χ0v) is 19.2. The summed E-state index contributed by atoms with van der Waals surface area (Å²) in [5.41, 5.74) is 3.89. The van der Waals surface area contributed by atoms with Gasteiger partial charge in [0.2, 0.25) is 0 Å². The fourth-order valence-electron chi connectivity index (χ4n) is 5.40. The van der Waals surface area contributed by atoms with Crippen molar-refractivity contribution in [3.05, 3.63) is 41.7 Å². The maximum Gasteiger partial charge on any atom is 0.270 e. The van der Waals surface area contributed by atoms with Gasteiger partial charge in [-0.15, -0.1) is 0 Å². The van der Waals surface area contributed by atoms with E-state index >= 15 is 0 Å². The van der Waals surface area contributed by atoms with Crippen LogP contribution in [0.1, 0.15) is 66.7 Å². The lowest BCUT2D eigenvalue weighted by Gasteiger charge is -2.26. The standard InChI is InChI=1S/C25H29N7O2/c33-25(30-16-6-1-2-7-16)20-12-21(18-9-3-4-10-19(18)31-20)34-13-17-8-5-11-32(17)24-22-23(27-14-26-22)28-15-29-24/h4,10,12,14-17H,1-3,5-9,11,13H2,(H,30,33)(H,26,27,28,29). The Morgan fingerprint density at radius 3 is 3.00 bits per heavy atom. The molecule has 0 spiro atoms. The molecule has 1 aliphatic heterocycles. The lowest BCUT2D eigenvalue weighted by atomic mass is 10.0. The van der Waals surface area contributed by atoms with E-state index in [4.69, 9.17) is 4.74 Å². The number of amides is 1. The molecule has 2 aliphatic carbocycles. The zero-order valence-electron chi connectivity index (χ0n) is 19.2. The van der Waals surface area contributed by atoms with Crippen LogP contribution in [-0.2, 0) is 6.42 Å². The second-order valence-electron chi connectivity index (χ2n) is 9.36. The molecule has 6 rings (SSSR count). The molecule has 2 N–H and O–H groups in total. The molecule has 0 bridgehead atoms. The minimum Gasteiger partial charge on any atom is -0.491 e. The predicted octanol–water partition coefficient (Wildman–Crippen LogP) is 3.43. The first kappa shape index (κ1) is 21.1. The van der Waals surface area contributed by atoms with Crippen molar-refractivity contribution in [3.63, 3.8) is 0 Å². The van der Waals surface area contributed by atoms with Crippen LogP contribution in [0.3, 0.4) is 0 Å². The Kier molecular flexibility index (Phi) is 5.60. The molecule has 9 nitrogen and oxygen atoms in total. The van der Waals surface area contributed by atoms with Crippen molar-refractivity contribution in [1.82, 2.24) is 30.2 Å². The van der Waals surface area contributed by atoms with E-state index in [-0.39, 0.29) is 18.0 Å². The highest BCUT2D eigenvalue weighted by molar-refractivity contribution is 5.93. The first-order valence-corrected chi connectivity index (χ1v) is 12.3. The maximum atomic E-state index is 13.0. The summed E-state index contributed by atoms with van der Waals surface area (Å²) in [6.07, 6.45) is 15.7. The van der Waals surface area contributed by atoms with Crippen LogP contribution < -0.4 is 15.0 Å². The van der Waals surface area contributed by atoms with Crippen molar-refractivity contribution in [2.75, 3.05) is 18.1 Å². The third kappa shape index (κ3) is 3.99. The third-order valence-electron chi connectivity index (χ3n) is 7.16. The lowest BCUT2D eigenvalue weighted by Crippen LogP contribution is -2.35. The Labute approximate surface area is 198 Å². The Balaban J connectivity index is 1.23. The van der Waals surface area contributed by atoms with E-state index in [2.05, 4.69) is 41.2 Å². The number of H-pyrrole nitrogens is 1. The highest BCUT2D eigenvalue weighted by Crippen LogP contribution is 2.32. The summed E-state index contributed by atoms with van der Waals surface area (Å²) in [6, 6.07) is 2.27. The number of anilines is 1. The zero-order chi connectivity index (χ0) is 22.9. The first-order chi connectivity index (χ1) is 16.8. The molecule has 0 aromatic carbocycles. The number of aromatic nitrogens is 5. The molecule has 9 heteroatoms. The van der Waals surface area contributed by atoms with Crippen LogP contribution in [0, 0.1) is 0 Å². The highest BCUT2D eigenvalue weighted by atomic mass is 16.5. The molecule has 3 aromatic heterocycles. The fraction of sp³-hybridized carbons (Fsp3) is 0.480. The molecule has 4 heterocycles. The summed E-state index contributed by atoms with van der Waals surface area (Å²) in [7, 11) is 0. The third-order valence-corrected chi connectivity index (χ3v) is 7.16. The van der Waals surface area contributed by atoms with Crippen LogP contribution in [0.15, 0.2) is 24.8 Å². The number of carbonyl (C=O) groups is 1. The second-order valence-corrected chi connectivity index (χ2v) is 9.36. The summed E-state index contributed by atoms with van der Waals surface area (Å²) in [4.78, 5) is 36.1. The van der Waals surface area contributed by atoms with Gasteiger partial charge in [-0.05, 0) is 44.6 Å². The average Bonchev–Trinajstić information content (AvgIpc) is 3.64. The predicted molar refractivity (Wildman–Crippen MR) is 129 cm³/mol. The van der Waals surface area contributed by atoms with Crippen LogP contribution in [0.25, 0.3) is 17.2 Å². The van der Waals surface area contributed by atoms with Gasteiger partial charge in [-0.1, -0.05) is 18.9 Å². The van der Waals surface area contributed by atoms with Crippen molar-refractivity contribution in [2.45, 2.75) is 63.5 Å². The lowest BCUT2D eigenvalue weighted by molar-refractivity contribution is 0.0932. The van der Waals surface area contributed by atoms with Gasteiger partial charge >= 0.3 is 0 Å². The normalized spacial score (nSPS) is 20.1. The molecule has 0 radical (unpaired) electrons. The van der Waals surface area contributed by atoms with Crippen molar-refractivity contribution in [3.8, 4) is 5.75 Å². The minimum absolute atomic E-state index is 0.108. The van der Waals surface area contributed by atoms with Gasteiger partial charge in [0.05, 0.1) is 18.1 Å². The van der Waals surface area contributed by atoms with Gasteiger partial charge in [-0.3, -0.25) is 4.79 Å². The van der Waals surface area contributed by atoms with Crippen molar-refractivity contribution in [2.24, 2.45) is 0 Å². The monoisotopic (exact) mass is 459 g/mol. The molecule has 1 saturated heterocycles. The van der Waals surface area contributed by atoms with Gasteiger partial charge in [0.1, 0.15) is 29.9 Å². The number of rotatable bonds is 6. The first-order valence-electron chi connectivity index (χ1n) is 12.3. The number of fused-ring (bicyclic) bond motifs is 2. The van der Waals surface area contributed by atoms with E-state index in [1.807, 2.05) is 12.1 Å². The van der Waals surface area contributed by atoms with Gasteiger partial charge in [0, 0.05) is 24.2 Å². The van der Waals surface area contributed by atoms with Gasteiger partial charge in [0.25, 0.3) is 5.91 Å². The number of carbonyl (C=O) groups excluding carboxylic acids is 1. The van der Waals surface area contributed by atoms with E-state index in [1.54, 1.807) is 12.7 Å². The molecule has 1 saturated carbocycles. The maximum absolute atomic E-state index is 13.0. The molecule has 1 unspecified atom stereocenters. The number of nitrogens with one attached hydrogen (secondary N) is 2. The van der Waals surface area contributed by atoms with Crippen LogP contribution >= 0.6 is 0 Å². The number of nitrogens with zero attached hydrogens (tertiary/aromatic N) is 5. The molecule has 176 valence electrons. The molecule has 2 fully saturated rings. The minimum atomic E-state index is -0.108. The summed E-state index contributed by atoms with van der Waals surface area (Å²) in [5, 5.41) is 3.16. The van der Waals surface area contributed by atoms with Crippen molar-refractivity contribution in [1.29, 1.82) is 0 Å². The Bertz CT molecular complexity index is 1230. The average molecular weight is 460 g/mol. The van der Waals surface area contributed by atoms with E-state index < -0.39 is 0 Å². The molecule has 34 heavy (non-hydrogen) atoms. The molecule has 1 amide bonds. The van der Waals surface area contributed by atoms with Gasteiger partial charge in [0.15, 0.2) is 11.5 Å². The molecular weight excluding hydrogens is 430 g/mol. The Morgan fingerprint density at radius 1 is 1.18 bits per heavy atom. The number of ether oxygens (including phenoxy) is 1. The molecule has 3 aliphatic rings. The number of hydrogen-bond donors (Lipinski definition) is 2. The van der Waals surface area contributed by atoms with Gasteiger partial charge in [-0.25, -0.2) is 19.9 Å². The number of aromatic amines is 1. The summed E-state index contributed by atoms with van der Waals surface area (Å²) in [6.45, 7) is 1.43. The smallest absolute Gasteiger partial charge is 0.270 e. The number of allylic oxidation sites excluding steroid dienone is 1. The summed E-state index contributed by atoms with van der Waals surface area (Å²) >= 11 is 0. The van der Waals surface area contributed by atoms with Crippen molar-refractivity contribution >= 4 is 29.0 Å².